The van der Waals surface area contributed by atoms with E-state index < -0.39 is 5.92 Å². The number of aromatic nitrogens is 2. The second-order valence-corrected chi connectivity index (χ2v) is 6.52. The summed E-state index contributed by atoms with van der Waals surface area (Å²) in [6.07, 6.45) is 3.72. The molecule has 3 rings (SSSR count). The van der Waals surface area contributed by atoms with Crippen molar-refractivity contribution in [2.24, 2.45) is 0 Å². The number of alkyl halides is 2. The van der Waals surface area contributed by atoms with Crippen LogP contribution in [0.25, 0.3) is 0 Å². The number of aryl methyl sites for hydroxylation is 1. The van der Waals surface area contributed by atoms with Gasteiger partial charge in [0.25, 0.3) is 5.92 Å². The summed E-state index contributed by atoms with van der Waals surface area (Å²) in [5.41, 5.74) is 0. The highest BCUT2D eigenvalue weighted by Crippen LogP contribution is 2.35. The zero-order valence-electron chi connectivity index (χ0n) is 13.9. The zero-order chi connectivity index (χ0) is 17.2. The molecule has 24 heavy (non-hydrogen) atoms. The number of halogens is 2. The molecule has 0 N–H and O–H groups in total. The smallest absolute Gasteiger partial charge is 0.262 e. The molecule has 2 aliphatic rings. The van der Waals surface area contributed by atoms with Crippen LogP contribution in [0.4, 0.5) is 8.78 Å². The van der Waals surface area contributed by atoms with Gasteiger partial charge in [-0.25, -0.2) is 8.78 Å². The molecule has 8 heteroatoms. The molecule has 6 nitrogen and oxygen atoms in total. The summed E-state index contributed by atoms with van der Waals surface area (Å²) >= 11 is 0. The van der Waals surface area contributed by atoms with Gasteiger partial charge in [0.2, 0.25) is 5.91 Å². The van der Waals surface area contributed by atoms with Crippen molar-refractivity contribution in [3.05, 3.63) is 18.5 Å². The molecular formula is C16H24F2N4O2. The number of rotatable bonds is 7. The number of carbonyl (C=O) groups excluding carboxylic acids is 1. The average molecular weight is 342 g/mol. The van der Waals surface area contributed by atoms with Gasteiger partial charge in [-0.1, -0.05) is 0 Å². The van der Waals surface area contributed by atoms with E-state index in [2.05, 4.69) is 5.10 Å². The van der Waals surface area contributed by atoms with Gasteiger partial charge in [0.05, 0.1) is 13.2 Å². The molecule has 3 heterocycles. The number of amides is 1. The van der Waals surface area contributed by atoms with Gasteiger partial charge in [0.1, 0.15) is 0 Å². The molecule has 0 saturated carbocycles. The Bertz CT molecular complexity index is 546. The lowest BCUT2D eigenvalue weighted by Crippen LogP contribution is -2.62. The molecule has 2 fully saturated rings. The molecule has 1 aromatic heterocycles. The zero-order valence-corrected chi connectivity index (χ0v) is 13.9. The maximum atomic E-state index is 13.7. The van der Waals surface area contributed by atoms with Crippen molar-refractivity contribution in [3.63, 3.8) is 0 Å². The van der Waals surface area contributed by atoms with E-state index in [1.807, 2.05) is 24.1 Å². The second kappa shape index (κ2) is 7.14. The van der Waals surface area contributed by atoms with E-state index in [1.165, 1.54) is 0 Å². The fraction of sp³-hybridized carbons (Fsp3) is 0.750. The lowest BCUT2D eigenvalue weighted by Gasteiger charge is -2.46. The minimum Gasteiger partial charge on any atom is -0.380 e. The Morgan fingerprint density at radius 3 is 2.88 bits per heavy atom. The Hall–Kier alpha value is -1.54. The summed E-state index contributed by atoms with van der Waals surface area (Å²) in [7, 11) is 0. The van der Waals surface area contributed by atoms with Gasteiger partial charge in [0.15, 0.2) is 0 Å². The number of carbonyl (C=O) groups is 1. The minimum absolute atomic E-state index is 0.0116. The van der Waals surface area contributed by atoms with Gasteiger partial charge < -0.3 is 9.64 Å². The fourth-order valence-electron chi connectivity index (χ4n) is 3.43. The normalized spacial score (nSPS) is 24.3. The van der Waals surface area contributed by atoms with Gasteiger partial charge in [-0.2, -0.15) is 5.10 Å². The molecule has 1 amide bonds. The van der Waals surface area contributed by atoms with Gasteiger partial charge in [0, 0.05) is 63.6 Å². The first-order valence-corrected chi connectivity index (χ1v) is 8.45. The van der Waals surface area contributed by atoms with Crippen molar-refractivity contribution < 1.29 is 18.3 Å². The lowest BCUT2D eigenvalue weighted by atomic mass is 10.1. The topological polar surface area (TPSA) is 50.6 Å². The summed E-state index contributed by atoms with van der Waals surface area (Å²) in [6, 6.07) is 1.57. The molecule has 1 aromatic rings. The summed E-state index contributed by atoms with van der Waals surface area (Å²) in [4.78, 5) is 15.7. The van der Waals surface area contributed by atoms with E-state index in [0.717, 1.165) is 0 Å². The van der Waals surface area contributed by atoms with Crippen molar-refractivity contribution in [1.29, 1.82) is 0 Å². The van der Waals surface area contributed by atoms with Crippen LogP contribution in [-0.2, 0) is 16.1 Å². The Labute approximate surface area is 140 Å². The van der Waals surface area contributed by atoms with Crippen molar-refractivity contribution in [2.75, 3.05) is 32.8 Å². The summed E-state index contributed by atoms with van der Waals surface area (Å²) in [6.45, 7) is 4.08. The van der Waals surface area contributed by atoms with Crippen molar-refractivity contribution >= 4 is 5.91 Å². The summed E-state index contributed by atoms with van der Waals surface area (Å²) < 4.78 is 34.5. The fourth-order valence-corrected chi connectivity index (χ4v) is 3.43. The minimum atomic E-state index is -2.66. The third-order valence-electron chi connectivity index (χ3n) is 4.73. The predicted octanol–water partition coefficient (Wildman–Crippen LogP) is 1.23. The summed E-state index contributed by atoms with van der Waals surface area (Å²) in [5, 5.41) is 4.06. The Morgan fingerprint density at radius 2 is 2.21 bits per heavy atom. The van der Waals surface area contributed by atoms with Crippen LogP contribution >= 0.6 is 0 Å². The maximum absolute atomic E-state index is 13.7. The third kappa shape index (κ3) is 3.92. The van der Waals surface area contributed by atoms with Crippen LogP contribution in [0.2, 0.25) is 0 Å². The molecule has 2 saturated heterocycles. The maximum Gasteiger partial charge on any atom is 0.262 e. The van der Waals surface area contributed by atoms with Gasteiger partial charge >= 0.3 is 0 Å². The molecule has 0 radical (unpaired) electrons. The molecule has 0 bridgehead atoms. The van der Waals surface area contributed by atoms with Crippen LogP contribution in [0, 0.1) is 0 Å². The highest BCUT2D eigenvalue weighted by molar-refractivity contribution is 5.77. The molecule has 134 valence electrons. The van der Waals surface area contributed by atoms with Crippen LogP contribution < -0.4 is 0 Å². The van der Waals surface area contributed by atoms with Crippen molar-refractivity contribution in [3.8, 4) is 0 Å². The number of nitrogens with zero attached hydrogens (tertiary/aromatic N) is 4. The monoisotopic (exact) mass is 342 g/mol. The molecule has 0 spiro atoms. The van der Waals surface area contributed by atoms with E-state index in [-0.39, 0.29) is 31.0 Å². The van der Waals surface area contributed by atoms with Crippen LogP contribution in [0.3, 0.4) is 0 Å². The number of ether oxygens (including phenoxy) is 1. The molecular weight excluding hydrogens is 318 g/mol. The standard InChI is InChI=1S/C16H24F2N4O2/c1-2-24-11-13-8-16(17,18)12-22(13)14-9-20(10-14)15(23)4-7-21-6-3-5-19-21/h3,5-6,13-14H,2,4,7-12H2,1H3/t13-/m0/s1. The third-order valence-corrected chi connectivity index (χ3v) is 4.73. The quantitative estimate of drug-likeness (QED) is 0.748. The SMILES string of the molecule is CCOC[C@@H]1CC(F)(F)CN1C1CN(C(=O)CCn2cccn2)C1. The Morgan fingerprint density at radius 1 is 1.42 bits per heavy atom. The number of likely N-dealkylation sites (tertiary alicyclic amines) is 2. The van der Waals surface area contributed by atoms with E-state index in [1.54, 1.807) is 15.8 Å². The first-order valence-electron chi connectivity index (χ1n) is 8.45. The first kappa shape index (κ1) is 17.3. The summed E-state index contributed by atoms with van der Waals surface area (Å²) in [5.74, 6) is -2.61. The van der Waals surface area contributed by atoms with Crippen molar-refractivity contribution in [2.45, 2.75) is 44.3 Å². The molecule has 1 atom stereocenters. The molecule has 0 aliphatic carbocycles. The van der Waals surface area contributed by atoms with E-state index in [4.69, 9.17) is 4.74 Å². The van der Waals surface area contributed by atoms with E-state index in [9.17, 15) is 13.6 Å². The van der Waals surface area contributed by atoms with Gasteiger partial charge in [-0.15, -0.1) is 0 Å². The lowest BCUT2D eigenvalue weighted by molar-refractivity contribution is -0.139. The van der Waals surface area contributed by atoms with Crippen LogP contribution in [0.5, 0.6) is 0 Å². The first-order chi connectivity index (χ1) is 11.5. The second-order valence-electron chi connectivity index (χ2n) is 6.52. The highest BCUT2D eigenvalue weighted by Gasteiger charge is 2.50. The van der Waals surface area contributed by atoms with E-state index in [0.29, 0.717) is 39.3 Å². The Kier molecular flexibility index (Phi) is 5.15. The highest BCUT2D eigenvalue weighted by atomic mass is 19.3. The molecule has 2 aliphatic heterocycles. The number of hydrogen-bond donors (Lipinski definition) is 0. The largest absolute Gasteiger partial charge is 0.380 e. The molecule has 0 aromatic carbocycles. The van der Waals surface area contributed by atoms with Gasteiger partial charge in [-0.3, -0.25) is 14.4 Å². The molecule has 0 unspecified atom stereocenters. The predicted molar refractivity (Wildman–Crippen MR) is 83.8 cm³/mol. The van der Waals surface area contributed by atoms with E-state index >= 15 is 0 Å². The Balaban J connectivity index is 1.46. The van der Waals surface area contributed by atoms with Crippen LogP contribution in [0.15, 0.2) is 18.5 Å². The number of hydrogen-bond acceptors (Lipinski definition) is 4. The van der Waals surface area contributed by atoms with Gasteiger partial charge in [-0.05, 0) is 13.0 Å². The van der Waals surface area contributed by atoms with Crippen LogP contribution in [-0.4, -0.2) is 76.3 Å². The average Bonchev–Trinajstić information content (AvgIpc) is 3.09. The van der Waals surface area contributed by atoms with Crippen LogP contribution in [0.1, 0.15) is 19.8 Å². The van der Waals surface area contributed by atoms with Crippen molar-refractivity contribution in [1.82, 2.24) is 19.6 Å².